The van der Waals surface area contributed by atoms with Crippen LogP contribution in [-0.4, -0.2) is 42.3 Å². The lowest BCUT2D eigenvalue weighted by Crippen LogP contribution is -2.54. The van der Waals surface area contributed by atoms with Gasteiger partial charge in [-0.3, -0.25) is 9.59 Å². The number of carbonyl (C=O) groups excluding carboxylic acids is 1. The number of hydrogen-bond acceptors (Lipinski definition) is 4. The molecule has 0 bridgehead atoms. The number of carboxylic acids is 1. The van der Waals surface area contributed by atoms with Gasteiger partial charge in [0.05, 0.1) is 17.0 Å². The van der Waals surface area contributed by atoms with Crippen LogP contribution in [0.4, 0.5) is 0 Å². The number of amides is 1. The Labute approximate surface area is 143 Å². The normalized spacial score (nSPS) is 16.6. The Balaban J connectivity index is 1.96. The quantitative estimate of drug-likeness (QED) is 0.812. The SMILES string of the molecule is O=C(O)CC1(NC(=O)COc2cc(Cl)ccc2Cl)CCOCC1. The van der Waals surface area contributed by atoms with Crippen molar-refractivity contribution in [1.29, 1.82) is 0 Å². The summed E-state index contributed by atoms with van der Waals surface area (Å²) in [6.45, 7) is 0.547. The average molecular weight is 362 g/mol. The molecule has 0 aliphatic carbocycles. The van der Waals surface area contributed by atoms with Gasteiger partial charge >= 0.3 is 5.97 Å². The van der Waals surface area contributed by atoms with Crippen molar-refractivity contribution >= 4 is 35.1 Å². The number of aliphatic carboxylic acids is 1. The molecule has 0 atom stereocenters. The summed E-state index contributed by atoms with van der Waals surface area (Å²) in [5.41, 5.74) is -0.803. The smallest absolute Gasteiger partial charge is 0.305 e. The predicted octanol–water partition coefficient (Wildman–Crippen LogP) is 2.51. The van der Waals surface area contributed by atoms with E-state index in [0.717, 1.165) is 0 Å². The summed E-state index contributed by atoms with van der Waals surface area (Å²) in [5.74, 6) is -1.08. The number of carbonyl (C=O) groups is 2. The van der Waals surface area contributed by atoms with E-state index in [1.54, 1.807) is 12.1 Å². The molecule has 2 N–H and O–H groups in total. The predicted molar refractivity (Wildman–Crippen MR) is 85.1 cm³/mol. The van der Waals surface area contributed by atoms with Gasteiger partial charge in [0.15, 0.2) is 6.61 Å². The van der Waals surface area contributed by atoms with Gasteiger partial charge in [-0.2, -0.15) is 0 Å². The van der Waals surface area contributed by atoms with Gasteiger partial charge < -0.3 is 19.9 Å². The van der Waals surface area contributed by atoms with Gasteiger partial charge in [-0.1, -0.05) is 23.2 Å². The lowest BCUT2D eigenvalue weighted by atomic mass is 9.86. The Bertz CT molecular complexity index is 587. The Morgan fingerprint density at radius 3 is 2.65 bits per heavy atom. The van der Waals surface area contributed by atoms with Crippen molar-refractivity contribution < 1.29 is 24.2 Å². The third-order valence-electron chi connectivity index (χ3n) is 3.60. The maximum absolute atomic E-state index is 12.1. The highest BCUT2D eigenvalue weighted by atomic mass is 35.5. The molecule has 1 saturated heterocycles. The molecule has 1 aromatic rings. The highest BCUT2D eigenvalue weighted by molar-refractivity contribution is 6.34. The van der Waals surface area contributed by atoms with E-state index in [1.165, 1.54) is 6.07 Å². The maximum Gasteiger partial charge on any atom is 0.305 e. The minimum Gasteiger partial charge on any atom is -0.482 e. The lowest BCUT2D eigenvalue weighted by molar-refractivity contribution is -0.140. The summed E-state index contributed by atoms with van der Waals surface area (Å²) < 4.78 is 10.6. The van der Waals surface area contributed by atoms with Crippen LogP contribution in [0.3, 0.4) is 0 Å². The summed E-state index contributed by atoms with van der Waals surface area (Å²) >= 11 is 11.8. The molecule has 6 nitrogen and oxygen atoms in total. The first-order valence-corrected chi connectivity index (χ1v) is 7.84. The van der Waals surface area contributed by atoms with Crippen LogP contribution in [0.1, 0.15) is 19.3 Å². The van der Waals surface area contributed by atoms with Crippen LogP contribution < -0.4 is 10.1 Å². The minimum atomic E-state index is -0.967. The largest absolute Gasteiger partial charge is 0.482 e. The van der Waals surface area contributed by atoms with E-state index in [4.69, 9.17) is 37.8 Å². The summed E-state index contributed by atoms with van der Waals surface area (Å²) in [4.78, 5) is 23.2. The second kappa shape index (κ2) is 7.86. The Morgan fingerprint density at radius 2 is 2.00 bits per heavy atom. The number of benzene rings is 1. The number of nitrogens with one attached hydrogen (secondary N) is 1. The van der Waals surface area contributed by atoms with E-state index in [2.05, 4.69) is 5.32 Å². The van der Waals surface area contributed by atoms with Crippen LogP contribution in [0.25, 0.3) is 0 Å². The van der Waals surface area contributed by atoms with Crippen LogP contribution in [0.5, 0.6) is 5.75 Å². The summed E-state index contributed by atoms with van der Waals surface area (Å²) in [6, 6.07) is 4.70. The Morgan fingerprint density at radius 1 is 1.30 bits per heavy atom. The minimum absolute atomic E-state index is 0.153. The van der Waals surface area contributed by atoms with Crippen molar-refractivity contribution in [3.05, 3.63) is 28.2 Å². The fraction of sp³-hybridized carbons (Fsp3) is 0.467. The number of ether oxygens (including phenoxy) is 2. The molecule has 1 amide bonds. The van der Waals surface area contributed by atoms with Crippen molar-refractivity contribution in [3.63, 3.8) is 0 Å². The zero-order chi connectivity index (χ0) is 16.9. The van der Waals surface area contributed by atoms with Crippen LogP contribution in [-0.2, 0) is 14.3 Å². The molecular weight excluding hydrogens is 345 g/mol. The van der Waals surface area contributed by atoms with Gasteiger partial charge in [-0.15, -0.1) is 0 Å². The first-order valence-electron chi connectivity index (χ1n) is 7.09. The van der Waals surface area contributed by atoms with Crippen molar-refractivity contribution in [2.24, 2.45) is 0 Å². The van der Waals surface area contributed by atoms with Crippen molar-refractivity contribution in [1.82, 2.24) is 5.32 Å². The molecule has 1 aliphatic rings. The molecule has 0 radical (unpaired) electrons. The first-order chi connectivity index (χ1) is 10.9. The van der Waals surface area contributed by atoms with Crippen LogP contribution in [0, 0.1) is 0 Å². The number of rotatable bonds is 6. The molecular formula is C15H17Cl2NO5. The lowest BCUT2D eigenvalue weighted by Gasteiger charge is -2.36. The molecule has 1 aliphatic heterocycles. The molecule has 8 heteroatoms. The molecule has 2 rings (SSSR count). The third-order valence-corrected chi connectivity index (χ3v) is 4.14. The Hall–Kier alpha value is -1.50. The van der Waals surface area contributed by atoms with E-state index in [0.29, 0.717) is 41.9 Å². The number of hydrogen-bond donors (Lipinski definition) is 2. The van der Waals surface area contributed by atoms with Gasteiger partial charge in [0.1, 0.15) is 5.75 Å². The molecule has 23 heavy (non-hydrogen) atoms. The molecule has 0 saturated carbocycles. The second-order valence-electron chi connectivity index (χ2n) is 5.37. The fourth-order valence-corrected chi connectivity index (χ4v) is 2.79. The van der Waals surface area contributed by atoms with E-state index < -0.39 is 17.4 Å². The monoisotopic (exact) mass is 361 g/mol. The molecule has 1 aromatic carbocycles. The average Bonchev–Trinajstić information content (AvgIpc) is 2.48. The Kier molecular flexibility index (Phi) is 6.10. The van der Waals surface area contributed by atoms with E-state index in [-0.39, 0.29) is 13.0 Å². The first kappa shape index (κ1) is 17.8. The van der Waals surface area contributed by atoms with Crippen molar-refractivity contribution in [2.45, 2.75) is 24.8 Å². The highest BCUT2D eigenvalue weighted by Crippen LogP contribution is 2.28. The van der Waals surface area contributed by atoms with Gasteiger partial charge in [0, 0.05) is 24.3 Å². The maximum atomic E-state index is 12.1. The van der Waals surface area contributed by atoms with Gasteiger partial charge in [-0.25, -0.2) is 0 Å². The van der Waals surface area contributed by atoms with Gasteiger partial charge in [0.25, 0.3) is 5.91 Å². The van der Waals surface area contributed by atoms with Crippen LogP contribution in [0.15, 0.2) is 18.2 Å². The van der Waals surface area contributed by atoms with E-state index in [9.17, 15) is 9.59 Å². The topological polar surface area (TPSA) is 84.9 Å². The van der Waals surface area contributed by atoms with E-state index in [1.807, 2.05) is 0 Å². The summed E-state index contributed by atoms with van der Waals surface area (Å²) in [5, 5.41) is 12.6. The second-order valence-corrected chi connectivity index (χ2v) is 6.22. The van der Waals surface area contributed by atoms with Crippen molar-refractivity contribution in [2.75, 3.05) is 19.8 Å². The molecule has 126 valence electrons. The zero-order valence-electron chi connectivity index (χ0n) is 12.3. The van der Waals surface area contributed by atoms with Crippen LogP contribution >= 0.6 is 23.2 Å². The zero-order valence-corrected chi connectivity index (χ0v) is 13.8. The van der Waals surface area contributed by atoms with Gasteiger partial charge in [0.2, 0.25) is 0 Å². The highest BCUT2D eigenvalue weighted by Gasteiger charge is 2.36. The molecule has 1 heterocycles. The fourth-order valence-electron chi connectivity index (χ4n) is 2.46. The molecule has 0 spiro atoms. The van der Waals surface area contributed by atoms with E-state index >= 15 is 0 Å². The number of carboxylic acid groups (broad SMARTS) is 1. The molecule has 0 unspecified atom stereocenters. The third kappa shape index (κ3) is 5.27. The van der Waals surface area contributed by atoms with Gasteiger partial charge in [-0.05, 0) is 25.0 Å². The number of halogens is 2. The van der Waals surface area contributed by atoms with Crippen molar-refractivity contribution in [3.8, 4) is 5.75 Å². The molecule has 1 fully saturated rings. The standard InChI is InChI=1S/C15H17Cl2NO5/c16-10-1-2-11(17)12(7-10)23-9-13(19)18-15(8-14(20)21)3-5-22-6-4-15/h1-2,7H,3-6,8-9H2,(H,18,19)(H,20,21). The summed E-state index contributed by atoms with van der Waals surface area (Å²) in [6.07, 6.45) is 0.742. The summed E-state index contributed by atoms with van der Waals surface area (Å²) in [7, 11) is 0. The molecule has 0 aromatic heterocycles. The van der Waals surface area contributed by atoms with Crippen LogP contribution in [0.2, 0.25) is 10.0 Å².